The molecule has 2 aromatic carbocycles. The van der Waals surface area contributed by atoms with Gasteiger partial charge in [0.05, 0.1) is 22.0 Å². The van der Waals surface area contributed by atoms with Crippen molar-refractivity contribution in [1.29, 1.82) is 0 Å². The minimum absolute atomic E-state index is 0.00424. The van der Waals surface area contributed by atoms with E-state index >= 15 is 0 Å². The standard InChI is InChI=1S/C25H30Cl2FN3O4S/c1-17(25(33)29-20-8-4-3-5-9-20)30(15-18-11-12-22(26)23(27)13-18)24(32)16-31(36(2,34)35)21-10-6-7-19(28)14-21/h6-7,10-14,17,20H,3-5,8-9,15-16H2,1-2H3,(H,29,33)/t17-/m0/s1. The molecule has 2 aromatic rings. The summed E-state index contributed by atoms with van der Waals surface area (Å²) in [6.07, 6.45) is 5.88. The number of halogens is 3. The van der Waals surface area contributed by atoms with Crippen molar-refractivity contribution in [1.82, 2.24) is 10.2 Å². The predicted octanol–water partition coefficient (Wildman–Crippen LogP) is 4.76. The number of hydrogen-bond donors (Lipinski definition) is 1. The van der Waals surface area contributed by atoms with Crippen LogP contribution < -0.4 is 9.62 Å². The molecule has 1 aliphatic rings. The van der Waals surface area contributed by atoms with Gasteiger partial charge >= 0.3 is 0 Å². The number of nitrogens with one attached hydrogen (secondary N) is 1. The van der Waals surface area contributed by atoms with Crippen molar-refractivity contribution < 1.29 is 22.4 Å². The van der Waals surface area contributed by atoms with E-state index in [9.17, 15) is 22.4 Å². The average molecular weight is 559 g/mol. The first kappa shape index (κ1) is 28.2. The lowest BCUT2D eigenvalue weighted by molar-refractivity contribution is -0.139. The van der Waals surface area contributed by atoms with Crippen LogP contribution >= 0.6 is 23.2 Å². The Labute approximate surface area is 221 Å². The van der Waals surface area contributed by atoms with Crippen LogP contribution in [0.5, 0.6) is 0 Å². The summed E-state index contributed by atoms with van der Waals surface area (Å²) in [7, 11) is -3.94. The summed E-state index contributed by atoms with van der Waals surface area (Å²) in [5, 5.41) is 3.65. The highest BCUT2D eigenvalue weighted by atomic mass is 35.5. The Morgan fingerprint density at radius 2 is 1.78 bits per heavy atom. The van der Waals surface area contributed by atoms with Gasteiger partial charge in [-0.15, -0.1) is 0 Å². The quantitative estimate of drug-likeness (QED) is 0.481. The summed E-state index contributed by atoms with van der Waals surface area (Å²) in [6, 6.07) is 8.98. The summed E-state index contributed by atoms with van der Waals surface area (Å²) in [6.45, 7) is 0.987. The minimum atomic E-state index is -3.94. The molecule has 1 aliphatic carbocycles. The molecular weight excluding hydrogens is 528 g/mol. The van der Waals surface area contributed by atoms with Crippen molar-refractivity contribution in [3.05, 3.63) is 63.9 Å². The van der Waals surface area contributed by atoms with Crippen LogP contribution in [0.25, 0.3) is 0 Å². The Kier molecular flexibility index (Phi) is 9.60. The van der Waals surface area contributed by atoms with E-state index in [4.69, 9.17) is 23.2 Å². The lowest BCUT2D eigenvalue weighted by Gasteiger charge is -2.33. The summed E-state index contributed by atoms with van der Waals surface area (Å²) in [5.41, 5.74) is 0.631. The normalized spacial score (nSPS) is 15.2. The SMILES string of the molecule is C[C@@H](C(=O)NC1CCCCC1)N(Cc1ccc(Cl)c(Cl)c1)C(=O)CN(c1cccc(F)c1)S(C)(=O)=O. The Morgan fingerprint density at radius 3 is 2.39 bits per heavy atom. The maximum Gasteiger partial charge on any atom is 0.244 e. The number of hydrogen-bond acceptors (Lipinski definition) is 4. The molecule has 1 fully saturated rings. The zero-order valence-corrected chi connectivity index (χ0v) is 22.5. The average Bonchev–Trinajstić information content (AvgIpc) is 2.82. The van der Waals surface area contributed by atoms with Gasteiger partial charge in [-0.05, 0) is 55.7 Å². The minimum Gasteiger partial charge on any atom is -0.352 e. The van der Waals surface area contributed by atoms with Gasteiger partial charge < -0.3 is 10.2 Å². The molecule has 0 unspecified atom stereocenters. The van der Waals surface area contributed by atoms with Gasteiger partial charge in [-0.2, -0.15) is 0 Å². The molecule has 0 bridgehead atoms. The van der Waals surface area contributed by atoms with Gasteiger partial charge in [-0.25, -0.2) is 12.8 Å². The fraction of sp³-hybridized carbons (Fsp3) is 0.440. The van der Waals surface area contributed by atoms with Gasteiger partial charge in [-0.3, -0.25) is 13.9 Å². The topological polar surface area (TPSA) is 86.8 Å². The molecule has 0 spiro atoms. The maximum atomic E-state index is 13.8. The largest absolute Gasteiger partial charge is 0.352 e. The Bertz CT molecular complexity index is 1210. The second-order valence-corrected chi connectivity index (χ2v) is 11.8. The van der Waals surface area contributed by atoms with Crippen molar-refractivity contribution >= 4 is 50.7 Å². The van der Waals surface area contributed by atoms with E-state index in [1.807, 2.05) is 0 Å². The number of nitrogens with zero attached hydrogens (tertiary/aromatic N) is 2. The van der Waals surface area contributed by atoms with Gasteiger partial charge in [0.2, 0.25) is 21.8 Å². The van der Waals surface area contributed by atoms with E-state index in [1.54, 1.807) is 25.1 Å². The highest BCUT2D eigenvalue weighted by Gasteiger charge is 2.31. The van der Waals surface area contributed by atoms with E-state index in [0.717, 1.165) is 48.7 Å². The number of carbonyl (C=O) groups is 2. The molecule has 1 N–H and O–H groups in total. The maximum absolute atomic E-state index is 13.8. The van der Waals surface area contributed by atoms with Crippen molar-refractivity contribution in [2.45, 2.75) is 57.7 Å². The summed E-state index contributed by atoms with van der Waals surface area (Å²) < 4.78 is 39.7. The molecule has 1 saturated carbocycles. The molecule has 1 atom stereocenters. The number of anilines is 1. The lowest BCUT2D eigenvalue weighted by Crippen LogP contribution is -2.53. The second-order valence-electron chi connectivity index (χ2n) is 9.04. The van der Waals surface area contributed by atoms with Crippen LogP contribution in [0.4, 0.5) is 10.1 Å². The van der Waals surface area contributed by atoms with Crippen LogP contribution in [0.1, 0.15) is 44.6 Å². The fourth-order valence-corrected chi connectivity index (χ4v) is 5.39. The Morgan fingerprint density at radius 1 is 1.08 bits per heavy atom. The Hall–Kier alpha value is -2.36. The molecule has 36 heavy (non-hydrogen) atoms. The molecule has 0 aliphatic heterocycles. The zero-order chi connectivity index (χ0) is 26.5. The first-order valence-corrected chi connectivity index (χ1v) is 14.3. The summed E-state index contributed by atoms with van der Waals surface area (Å²) in [4.78, 5) is 28.0. The molecule has 3 rings (SSSR count). The van der Waals surface area contributed by atoms with Crippen LogP contribution in [-0.2, 0) is 26.2 Å². The molecule has 2 amide bonds. The molecule has 0 radical (unpaired) electrons. The van der Waals surface area contributed by atoms with Gasteiger partial charge in [0, 0.05) is 12.6 Å². The highest BCUT2D eigenvalue weighted by molar-refractivity contribution is 7.92. The number of carbonyl (C=O) groups excluding carboxylic acids is 2. The molecular formula is C25H30Cl2FN3O4S. The van der Waals surface area contributed by atoms with E-state index in [-0.39, 0.29) is 24.2 Å². The number of sulfonamides is 1. The zero-order valence-electron chi connectivity index (χ0n) is 20.2. The number of rotatable bonds is 9. The third kappa shape index (κ3) is 7.57. The third-order valence-corrected chi connectivity index (χ3v) is 8.11. The highest BCUT2D eigenvalue weighted by Crippen LogP contribution is 2.25. The van der Waals surface area contributed by atoms with Crippen molar-refractivity contribution in [2.24, 2.45) is 0 Å². The molecule has 0 aromatic heterocycles. The summed E-state index contributed by atoms with van der Waals surface area (Å²) in [5.74, 6) is -1.59. The Balaban J connectivity index is 1.89. The van der Waals surface area contributed by atoms with E-state index in [0.29, 0.717) is 15.6 Å². The van der Waals surface area contributed by atoms with Crippen LogP contribution in [0.2, 0.25) is 10.0 Å². The lowest BCUT2D eigenvalue weighted by atomic mass is 9.95. The van der Waals surface area contributed by atoms with Gasteiger partial charge in [0.1, 0.15) is 18.4 Å². The van der Waals surface area contributed by atoms with Crippen LogP contribution in [0.3, 0.4) is 0 Å². The second kappa shape index (κ2) is 12.3. The molecule has 0 saturated heterocycles. The molecule has 11 heteroatoms. The van der Waals surface area contributed by atoms with Gasteiger partial charge in [-0.1, -0.05) is 54.6 Å². The smallest absolute Gasteiger partial charge is 0.244 e. The van der Waals surface area contributed by atoms with Crippen LogP contribution in [0, 0.1) is 5.82 Å². The molecule has 7 nitrogen and oxygen atoms in total. The first-order chi connectivity index (χ1) is 17.0. The third-order valence-electron chi connectivity index (χ3n) is 6.23. The molecule has 0 heterocycles. The van der Waals surface area contributed by atoms with E-state index < -0.39 is 34.3 Å². The van der Waals surface area contributed by atoms with Crippen molar-refractivity contribution in [2.75, 3.05) is 17.1 Å². The molecule has 196 valence electrons. The predicted molar refractivity (Wildman–Crippen MR) is 140 cm³/mol. The van der Waals surface area contributed by atoms with E-state index in [2.05, 4.69) is 5.32 Å². The fourth-order valence-electron chi connectivity index (χ4n) is 4.23. The van der Waals surface area contributed by atoms with Gasteiger partial charge in [0.15, 0.2) is 0 Å². The first-order valence-electron chi connectivity index (χ1n) is 11.7. The van der Waals surface area contributed by atoms with E-state index in [1.165, 1.54) is 23.1 Å². The number of amides is 2. The van der Waals surface area contributed by atoms with Gasteiger partial charge in [0.25, 0.3) is 0 Å². The number of benzene rings is 2. The van der Waals surface area contributed by atoms with Crippen molar-refractivity contribution in [3.8, 4) is 0 Å². The van der Waals surface area contributed by atoms with Crippen LogP contribution in [0.15, 0.2) is 42.5 Å². The monoisotopic (exact) mass is 557 g/mol. The summed E-state index contributed by atoms with van der Waals surface area (Å²) >= 11 is 12.2. The van der Waals surface area contributed by atoms with Crippen molar-refractivity contribution in [3.63, 3.8) is 0 Å². The van der Waals surface area contributed by atoms with Crippen LogP contribution in [-0.4, -0.2) is 50.0 Å².